The van der Waals surface area contributed by atoms with Gasteiger partial charge in [-0.1, -0.05) is 99.1 Å². The van der Waals surface area contributed by atoms with E-state index in [9.17, 15) is 33.9 Å². The maximum atomic E-state index is 13.7. The molecular weight excluding hydrogens is 640 g/mol. The lowest BCUT2D eigenvalue weighted by molar-refractivity contribution is -0.143. The summed E-state index contributed by atoms with van der Waals surface area (Å²) in [5.74, 6) is -3.94. The van der Waals surface area contributed by atoms with Gasteiger partial charge in [0.1, 0.15) is 24.2 Å². The molecule has 0 aliphatic rings. The molecule has 0 saturated carbocycles. The molecule has 1 rings (SSSR count). The highest BCUT2D eigenvalue weighted by molar-refractivity contribution is 5.93. The second kappa shape index (κ2) is 22.0. The van der Waals surface area contributed by atoms with Gasteiger partial charge in [0.25, 0.3) is 0 Å². The van der Waals surface area contributed by atoms with E-state index in [1.165, 1.54) is 0 Å². The van der Waals surface area contributed by atoms with Crippen LogP contribution in [0.25, 0.3) is 0 Å². The number of amides is 5. The van der Waals surface area contributed by atoms with Gasteiger partial charge in [0, 0.05) is 24.9 Å². The van der Waals surface area contributed by atoms with Crippen molar-refractivity contribution in [3.63, 3.8) is 0 Å². The van der Waals surface area contributed by atoms with Crippen molar-refractivity contribution in [2.75, 3.05) is 0 Å². The standard InChI is InChI=1S/C37H62N6O7/c1-10-24(9)33(36(48)43-32(23(7)8)37(49)50)42-31(45)20-26(38)28(19-25-15-13-12-14-16-25)41-34(46)27(11-2)40-35(47)29(17-21(3)4)39-30(44)18-22(5)6/h12-16,21-24,26-29,32-33H,10-11,17-20,38H2,1-9H3,(H,39,44)(H,40,47)(H,41,46)(H,42,45)(H,43,48)(H,49,50)/t24-,26?,27-,28?,29-,32-,33-/m0/s1. The zero-order valence-electron chi connectivity index (χ0n) is 31.4. The van der Waals surface area contributed by atoms with Gasteiger partial charge in [-0.25, -0.2) is 4.79 Å². The number of carboxylic acid groups (broad SMARTS) is 1. The third kappa shape index (κ3) is 15.7. The second-order valence-electron chi connectivity index (χ2n) is 14.5. The van der Waals surface area contributed by atoms with Crippen LogP contribution in [0.1, 0.15) is 100.0 Å². The Morgan fingerprint density at radius 2 is 1.24 bits per heavy atom. The smallest absolute Gasteiger partial charge is 0.326 e. The highest BCUT2D eigenvalue weighted by atomic mass is 16.4. The van der Waals surface area contributed by atoms with E-state index in [-0.39, 0.29) is 55.3 Å². The van der Waals surface area contributed by atoms with Gasteiger partial charge in [0.15, 0.2) is 0 Å². The molecule has 0 heterocycles. The van der Waals surface area contributed by atoms with E-state index >= 15 is 0 Å². The predicted molar refractivity (Wildman–Crippen MR) is 194 cm³/mol. The van der Waals surface area contributed by atoms with Gasteiger partial charge in [0.05, 0.1) is 0 Å². The van der Waals surface area contributed by atoms with Gasteiger partial charge in [-0.3, -0.25) is 24.0 Å². The normalized spacial score (nSPS) is 15.6. The average molecular weight is 703 g/mol. The average Bonchev–Trinajstić information content (AvgIpc) is 3.03. The van der Waals surface area contributed by atoms with Crippen LogP contribution in [0, 0.1) is 23.7 Å². The summed E-state index contributed by atoms with van der Waals surface area (Å²) in [6, 6.07) is 3.82. The molecule has 2 unspecified atom stereocenters. The first-order valence-corrected chi connectivity index (χ1v) is 17.9. The zero-order chi connectivity index (χ0) is 38.1. The van der Waals surface area contributed by atoms with Gasteiger partial charge in [-0.15, -0.1) is 0 Å². The third-order valence-electron chi connectivity index (χ3n) is 8.60. The first kappa shape index (κ1) is 44.0. The zero-order valence-corrected chi connectivity index (χ0v) is 31.4. The number of carbonyl (C=O) groups excluding carboxylic acids is 5. The van der Waals surface area contributed by atoms with Crippen LogP contribution in [0.15, 0.2) is 30.3 Å². The number of carbonyl (C=O) groups is 6. The number of hydrogen-bond donors (Lipinski definition) is 7. The minimum absolute atomic E-state index is 0.109. The van der Waals surface area contributed by atoms with Crippen LogP contribution in [0.5, 0.6) is 0 Å². The van der Waals surface area contributed by atoms with Crippen LogP contribution in [0.2, 0.25) is 0 Å². The van der Waals surface area contributed by atoms with Crippen molar-refractivity contribution in [3.05, 3.63) is 35.9 Å². The molecule has 0 fully saturated rings. The number of nitrogens with two attached hydrogens (primary N) is 1. The van der Waals surface area contributed by atoms with Crippen molar-refractivity contribution >= 4 is 35.5 Å². The van der Waals surface area contributed by atoms with Gasteiger partial charge >= 0.3 is 5.97 Å². The molecule has 0 aliphatic heterocycles. The molecule has 13 heteroatoms. The topological polar surface area (TPSA) is 209 Å². The Bertz CT molecular complexity index is 1260. The number of hydrogen-bond acceptors (Lipinski definition) is 7. The molecule has 1 aromatic carbocycles. The van der Waals surface area contributed by atoms with Crippen molar-refractivity contribution in [1.82, 2.24) is 26.6 Å². The fourth-order valence-electron chi connectivity index (χ4n) is 5.46. The van der Waals surface area contributed by atoms with E-state index in [1.807, 2.05) is 65.0 Å². The molecule has 7 atom stereocenters. The molecule has 0 aromatic heterocycles. The summed E-state index contributed by atoms with van der Waals surface area (Å²) in [4.78, 5) is 77.8. The summed E-state index contributed by atoms with van der Waals surface area (Å²) >= 11 is 0. The SMILES string of the molecule is CC[C@H](NC(=O)[C@H](CC(C)C)NC(=O)CC(C)C)C(=O)NC(Cc1ccccc1)C(N)CC(=O)N[C@H](C(=O)N[C@H](C(=O)O)C(C)C)[C@@H](C)CC. The molecule has 13 nitrogen and oxygen atoms in total. The number of benzene rings is 1. The van der Waals surface area contributed by atoms with Gasteiger partial charge in [0.2, 0.25) is 29.5 Å². The molecule has 0 aliphatic carbocycles. The van der Waals surface area contributed by atoms with E-state index in [0.29, 0.717) is 12.8 Å². The Morgan fingerprint density at radius 3 is 1.74 bits per heavy atom. The molecule has 0 bridgehead atoms. The predicted octanol–water partition coefficient (Wildman–Crippen LogP) is 2.66. The van der Waals surface area contributed by atoms with Crippen molar-refractivity contribution in [1.29, 1.82) is 0 Å². The summed E-state index contributed by atoms with van der Waals surface area (Å²) in [6.45, 7) is 16.5. The Labute approximate surface area is 298 Å². The highest BCUT2D eigenvalue weighted by Crippen LogP contribution is 2.13. The van der Waals surface area contributed by atoms with Crippen LogP contribution in [-0.4, -0.2) is 76.9 Å². The second-order valence-corrected chi connectivity index (χ2v) is 14.5. The lowest BCUT2D eigenvalue weighted by atomic mass is 9.94. The molecule has 1 aromatic rings. The molecule has 282 valence electrons. The molecular formula is C37H62N6O7. The Balaban J connectivity index is 3.17. The maximum Gasteiger partial charge on any atom is 0.326 e. The van der Waals surface area contributed by atoms with Gasteiger partial charge < -0.3 is 37.4 Å². The Hall–Kier alpha value is -4.00. The van der Waals surface area contributed by atoms with Crippen LogP contribution >= 0.6 is 0 Å². The van der Waals surface area contributed by atoms with E-state index in [0.717, 1.165) is 5.56 Å². The molecule has 0 spiro atoms. The maximum absolute atomic E-state index is 13.7. The van der Waals surface area contributed by atoms with Crippen LogP contribution in [0.3, 0.4) is 0 Å². The van der Waals surface area contributed by atoms with Crippen molar-refractivity contribution in [2.45, 2.75) is 137 Å². The molecule has 5 amide bonds. The number of rotatable bonds is 22. The quantitative estimate of drug-likeness (QED) is 0.0953. The Kier molecular flexibility index (Phi) is 19.3. The van der Waals surface area contributed by atoms with Gasteiger partial charge in [-0.05, 0) is 48.5 Å². The largest absolute Gasteiger partial charge is 0.480 e. The molecule has 8 N–H and O–H groups in total. The first-order chi connectivity index (χ1) is 23.4. The minimum atomic E-state index is -1.17. The van der Waals surface area contributed by atoms with Gasteiger partial charge in [-0.2, -0.15) is 0 Å². The fraction of sp³-hybridized carbons (Fsp3) is 0.676. The summed E-state index contributed by atoms with van der Waals surface area (Å²) in [6.07, 6.45) is 1.52. The van der Waals surface area contributed by atoms with Crippen LogP contribution in [-0.2, 0) is 35.2 Å². The van der Waals surface area contributed by atoms with Crippen LogP contribution < -0.4 is 32.3 Å². The van der Waals surface area contributed by atoms with E-state index in [1.54, 1.807) is 27.7 Å². The van der Waals surface area contributed by atoms with Crippen LogP contribution in [0.4, 0.5) is 0 Å². The minimum Gasteiger partial charge on any atom is -0.480 e. The van der Waals surface area contributed by atoms with E-state index in [2.05, 4.69) is 26.6 Å². The third-order valence-corrected chi connectivity index (χ3v) is 8.60. The fourth-order valence-corrected chi connectivity index (χ4v) is 5.46. The van der Waals surface area contributed by atoms with E-state index < -0.39 is 65.8 Å². The number of aliphatic carboxylic acids is 1. The summed E-state index contributed by atoms with van der Waals surface area (Å²) in [7, 11) is 0. The number of nitrogens with one attached hydrogen (secondary N) is 5. The number of carboxylic acids is 1. The van der Waals surface area contributed by atoms with E-state index in [4.69, 9.17) is 5.73 Å². The monoisotopic (exact) mass is 702 g/mol. The van der Waals surface area contributed by atoms with Crippen molar-refractivity contribution < 1.29 is 33.9 Å². The molecule has 0 saturated heterocycles. The lowest BCUT2D eigenvalue weighted by Crippen LogP contribution is -2.59. The molecule has 0 radical (unpaired) electrons. The molecule has 50 heavy (non-hydrogen) atoms. The van der Waals surface area contributed by atoms with Crippen molar-refractivity contribution in [3.8, 4) is 0 Å². The lowest BCUT2D eigenvalue weighted by Gasteiger charge is -2.30. The summed E-state index contributed by atoms with van der Waals surface area (Å²) < 4.78 is 0. The summed E-state index contributed by atoms with van der Waals surface area (Å²) in [5.41, 5.74) is 7.45. The Morgan fingerprint density at radius 1 is 0.660 bits per heavy atom. The highest BCUT2D eigenvalue weighted by Gasteiger charge is 2.33. The van der Waals surface area contributed by atoms with Crippen molar-refractivity contribution in [2.24, 2.45) is 29.4 Å². The first-order valence-electron chi connectivity index (χ1n) is 17.9. The summed E-state index contributed by atoms with van der Waals surface area (Å²) in [5, 5.41) is 23.4.